The van der Waals surface area contributed by atoms with Gasteiger partial charge in [0.05, 0.1) is 16.8 Å². The van der Waals surface area contributed by atoms with E-state index in [0.717, 1.165) is 5.56 Å². The Morgan fingerprint density at radius 3 is 2.26 bits per heavy atom. The van der Waals surface area contributed by atoms with Crippen molar-refractivity contribution in [2.24, 2.45) is 5.92 Å². The highest BCUT2D eigenvalue weighted by Crippen LogP contribution is 2.51. The Bertz CT molecular complexity index is 1510. The van der Waals surface area contributed by atoms with E-state index in [1.807, 2.05) is 13.0 Å². The minimum atomic E-state index is -1.40. The van der Waals surface area contributed by atoms with Crippen LogP contribution in [0.3, 0.4) is 0 Å². The zero-order valence-corrected chi connectivity index (χ0v) is 22.3. The topological polar surface area (TPSA) is 86.7 Å². The molecule has 0 bridgehead atoms. The summed E-state index contributed by atoms with van der Waals surface area (Å²) in [4.78, 5) is 42.6. The standard InChI is InChI=1S/C30H24ClFN2O4S/c1-17-4-2-5-22(16-17)33-30(38)34-26(19-9-13-21(32)14-10-19)25(28(35)23-6-3-15-39-23)24(27(34)29(36)37)18-7-11-20(31)12-8-18/h2-16,24-27H,1H3,(H,33,38)(H,36,37). The molecule has 1 fully saturated rings. The lowest BCUT2D eigenvalue weighted by Gasteiger charge is -2.30. The van der Waals surface area contributed by atoms with E-state index in [0.29, 0.717) is 26.7 Å². The summed E-state index contributed by atoms with van der Waals surface area (Å²) in [5.41, 5.74) is 2.40. The number of hydrogen-bond acceptors (Lipinski definition) is 4. The number of aliphatic carboxylic acids is 1. The molecule has 0 radical (unpaired) electrons. The molecule has 9 heteroatoms. The molecule has 1 aromatic heterocycles. The molecule has 4 atom stereocenters. The van der Waals surface area contributed by atoms with Gasteiger partial charge in [0.2, 0.25) is 0 Å². The molecule has 198 valence electrons. The number of urea groups is 1. The third-order valence-corrected chi connectivity index (χ3v) is 8.09. The van der Waals surface area contributed by atoms with Crippen LogP contribution < -0.4 is 5.32 Å². The fourth-order valence-corrected chi connectivity index (χ4v) is 6.18. The number of thiophene rings is 1. The van der Waals surface area contributed by atoms with E-state index in [4.69, 9.17) is 11.6 Å². The van der Waals surface area contributed by atoms with Crippen molar-refractivity contribution in [3.63, 3.8) is 0 Å². The number of rotatable bonds is 6. The highest BCUT2D eigenvalue weighted by Gasteiger charge is 2.57. The first-order valence-corrected chi connectivity index (χ1v) is 13.5. The lowest BCUT2D eigenvalue weighted by atomic mass is 9.77. The van der Waals surface area contributed by atoms with E-state index in [9.17, 15) is 23.9 Å². The molecule has 2 N–H and O–H groups in total. The first-order chi connectivity index (χ1) is 18.7. The highest BCUT2D eigenvalue weighted by molar-refractivity contribution is 7.12. The van der Waals surface area contributed by atoms with Crippen molar-refractivity contribution in [2.75, 3.05) is 5.32 Å². The molecule has 2 heterocycles. The van der Waals surface area contributed by atoms with Crippen molar-refractivity contribution in [2.45, 2.75) is 24.9 Å². The van der Waals surface area contributed by atoms with Crippen LogP contribution in [0.1, 0.15) is 38.3 Å². The molecule has 0 saturated carbocycles. The number of Topliss-reactive ketones (excluding diaryl/α,β-unsaturated/α-hetero) is 1. The first-order valence-electron chi connectivity index (χ1n) is 12.2. The Hall–Kier alpha value is -4.01. The molecule has 3 aromatic carbocycles. The zero-order valence-electron chi connectivity index (χ0n) is 20.8. The van der Waals surface area contributed by atoms with E-state index < -0.39 is 41.7 Å². The summed E-state index contributed by atoms with van der Waals surface area (Å²) in [6.07, 6.45) is 0. The number of anilines is 1. The van der Waals surface area contributed by atoms with Crippen molar-refractivity contribution in [3.8, 4) is 0 Å². The Balaban J connectivity index is 1.71. The number of carbonyl (C=O) groups is 3. The number of ketones is 1. The summed E-state index contributed by atoms with van der Waals surface area (Å²) in [6.45, 7) is 1.87. The summed E-state index contributed by atoms with van der Waals surface area (Å²) in [6, 6.07) is 19.6. The minimum absolute atomic E-state index is 0.295. The summed E-state index contributed by atoms with van der Waals surface area (Å²) < 4.78 is 14.0. The number of amides is 2. The molecule has 1 aliphatic rings. The normalized spacial score (nSPS) is 20.5. The van der Waals surface area contributed by atoms with Crippen LogP contribution in [0.2, 0.25) is 5.02 Å². The van der Waals surface area contributed by atoms with Gasteiger partial charge in [-0.2, -0.15) is 0 Å². The summed E-state index contributed by atoms with van der Waals surface area (Å²) in [7, 11) is 0. The lowest BCUT2D eigenvalue weighted by molar-refractivity contribution is -0.142. The van der Waals surface area contributed by atoms with Gasteiger partial charge in [-0.05, 0) is 71.5 Å². The maximum absolute atomic E-state index is 14.1. The number of hydrogen-bond donors (Lipinski definition) is 2. The highest BCUT2D eigenvalue weighted by atomic mass is 35.5. The average Bonchev–Trinajstić information content (AvgIpc) is 3.56. The fraction of sp³-hybridized carbons (Fsp3) is 0.167. The smallest absolute Gasteiger partial charge is 0.327 e. The Morgan fingerprint density at radius 2 is 1.64 bits per heavy atom. The number of carboxylic acids is 1. The zero-order chi connectivity index (χ0) is 27.7. The number of halogens is 2. The third-order valence-electron chi connectivity index (χ3n) is 6.96. The molecule has 4 unspecified atom stereocenters. The average molecular weight is 563 g/mol. The number of carboxylic acid groups (broad SMARTS) is 1. The van der Waals surface area contributed by atoms with Gasteiger partial charge in [0.15, 0.2) is 5.78 Å². The summed E-state index contributed by atoms with van der Waals surface area (Å²) in [5.74, 6) is -3.93. The van der Waals surface area contributed by atoms with E-state index in [1.165, 1.54) is 40.5 Å². The molecule has 4 aromatic rings. The van der Waals surface area contributed by atoms with E-state index in [-0.39, 0.29) is 5.78 Å². The largest absolute Gasteiger partial charge is 0.480 e. The quantitative estimate of drug-likeness (QED) is 0.244. The molecule has 1 aliphatic heterocycles. The van der Waals surface area contributed by atoms with Crippen molar-refractivity contribution < 1.29 is 23.9 Å². The van der Waals surface area contributed by atoms with Crippen LogP contribution in [-0.2, 0) is 4.79 Å². The van der Waals surface area contributed by atoms with Gasteiger partial charge in [-0.3, -0.25) is 4.79 Å². The minimum Gasteiger partial charge on any atom is -0.480 e. The van der Waals surface area contributed by atoms with Gasteiger partial charge in [0, 0.05) is 16.6 Å². The van der Waals surface area contributed by atoms with Crippen LogP contribution in [0.15, 0.2) is 90.3 Å². The molecule has 1 saturated heterocycles. The van der Waals surface area contributed by atoms with Crippen LogP contribution in [0.5, 0.6) is 0 Å². The number of nitrogens with zero attached hydrogens (tertiary/aromatic N) is 1. The monoisotopic (exact) mass is 562 g/mol. The summed E-state index contributed by atoms with van der Waals surface area (Å²) >= 11 is 7.37. The predicted octanol–water partition coefficient (Wildman–Crippen LogP) is 7.17. The van der Waals surface area contributed by atoms with Crippen LogP contribution in [0, 0.1) is 18.7 Å². The second-order valence-electron chi connectivity index (χ2n) is 9.43. The SMILES string of the molecule is Cc1cccc(NC(=O)N2C(C(=O)O)C(c3ccc(Cl)cc3)C(C(=O)c3cccs3)C2c2ccc(F)cc2)c1. The van der Waals surface area contributed by atoms with E-state index in [1.54, 1.807) is 60.0 Å². The molecule has 5 rings (SSSR count). The van der Waals surface area contributed by atoms with Crippen molar-refractivity contribution >= 4 is 46.4 Å². The van der Waals surface area contributed by atoms with Gasteiger partial charge in [-0.25, -0.2) is 14.0 Å². The van der Waals surface area contributed by atoms with Crippen molar-refractivity contribution in [1.82, 2.24) is 4.90 Å². The van der Waals surface area contributed by atoms with Crippen molar-refractivity contribution in [1.29, 1.82) is 0 Å². The Kier molecular flexibility index (Phi) is 7.50. The van der Waals surface area contributed by atoms with Gasteiger partial charge in [0.25, 0.3) is 0 Å². The fourth-order valence-electron chi connectivity index (χ4n) is 5.34. The number of benzene rings is 3. The second-order valence-corrected chi connectivity index (χ2v) is 10.8. The third kappa shape index (κ3) is 5.30. The molecular weight excluding hydrogens is 539 g/mol. The van der Waals surface area contributed by atoms with Crippen LogP contribution >= 0.6 is 22.9 Å². The predicted molar refractivity (Wildman–Crippen MR) is 149 cm³/mol. The Labute approximate surface area is 233 Å². The maximum Gasteiger partial charge on any atom is 0.327 e. The molecular formula is C30H24ClFN2O4S. The molecule has 0 spiro atoms. The van der Waals surface area contributed by atoms with E-state index >= 15 is 0 Å². The summed E-state index contributed by atoms with van der Waals surface area (Å²) in [5, 5.41) is 15.6. The Morgan fingerprint density at radius 1 is 0.949 bits per heavy atom. The first kappa shape index (κ1) is 26.6. The van der Waals surface area contributed by atoms with Gasteiger partial charge in [-0.15, -0.1) is 11.3 Å². The number of likely N-dealkylation sites (tertiary alicyclic amines) is 1. The molecule has 2 amide bonds. The van der Waals surface area contributed by atoms with Crippen LogP contribution in [-0.4, -0.2) is 33.8 Å². The van der Waals surface area contributed by atoms with Crippen LogP contribution in [0.4, 0.5) is 14.9 Å². The maximum atomic E-state index is 14.1. The van der Waals surface area contributed by atoms with Gasteiger partial charge in [0.1, 0.15) is 11.9 Å². The number of carbonyl (C=O) groups excluding carboxylic acids is 2. The number of nitrogens with one attached hydrogen (secondary N) is 1. The molecule has 39 heavy (non-hydrogen) atoms. The number of aryl methyl sites for hydroxylation is 1. The van der Waals surface area contributed by atoms with Crippen molar-refractivity contribution in [3.05, 3.63) is 123 Å². The van der Waals surface area contributed by atoms with Crippen LogP contribution in [0.25, 0.3) is 0 Å². The molecule has 6 nitrogen and oxygen atoms in total. The molecule has 0 aliphatic carbocycles. The second kappa shape index (κ2) is 11.0. The lowest BCUT2D eigenvalue weighted by Crippen LogP contribution is -2.45. The van der Waals surface area contributed by atoms with Gasteiger partial charge in [-0.1, -0.05) is 54.1 Å². The van der Waals surface area contributed by atoms with Gasteiger partial charge >= 0.3 is 12.0 Å². The van der Waals surface area contributed by atoms with Gasteiger partial charge < -0.3 is 15.3 Å². The van der Waals surface area contributed by atoms with E-state index in [2.05, 4.69) is 5.32 Å².